The number of benzene rings is 3. The van der Waals surface area contributed by atoms with Crippen LogP contribution in [0.4, 0.5) is 4.39 Å². The molecule has 0 unspecified atom stereocenters. The molecule has 0 atom stereocenters. The molecular formula is C23H17FN2O3S. The molecule has 150 valence electrons. The highest BCUT2D eigenvalue weighted by Gasteiger charge is 2.17. The Bertz CT molecular complexity index is 1380. The molecule has 0 aliphatic heterocycles. The molecule has 0 spiro atoms. The van der Waals surface area contributed by atoms with Gasteiger partial charge in [-0.2, -0.15) is 9.78 Å². The lowest BCUT2D eigenvalue weighted by Gasteiger charge is -2.13. The Balaban J connectivity index is 1.96. The summed E-state index contributed by atoms with van der Waals surface area (Å²) in [5.41, 5.74) is 2.18. The number of halogens is 1. The predicted octanol–water partition coefficient (Wildman–Crippen LogP) is 4.11. The third kappa shape index (κ3) is 3.79. The molecule has 4 aromatic rings. The van der Waals surface area contributed by atoms with E-state index in [0.717, 1.165) is 10.9 Å². The maximum atomic E-state index is 13.7. The van der Waals surface area contributed by atoms with Gasteiger partial charge in [-0.15, -0.1) is 0 Å². The average molecular weight is 420 g/mol. The van der Waals surface area contributed by atoms with Gasteiger partial charge in [0.1, 0.15) is 5.82 Å². The summed E-state index contributed by atoms with van der Waals surface area (Å²) in [4.78, 5) is 13.6. The zero-order valence-electron chi connectivity index (χ0n) is 16.0. The zero-order chi connectivity index (χ0) is 21.3. The fraction of sp³-hybridized carbons (Fsp3) is 0.0435. The normalized spacial score (nSPS) is 11.4. The summed E-state index contributed by atoms with van der Waals surface area (Å²) < 4.78 is 38.4. The molecular weight excluding hydrogens is 403 g/mol. The molecule has 0 amide bonds. The van der Waals surface area contributed by atoms with E-state index in [9.17, 15) is 17.6 Å². The van der Waals surface area contributed by atoms with E-state index in [1.165, 1.54) is 36.5 Å². The number of nitrogens with zero attached hydrogens (tertiary/aromatic N) is 2. The van der Waals surface area contributed by atoms with Crippen molar-refractivity contribution in [2.24, 2.45) is 0 Å². The zero-order valence-corrected chi connectivity index (χ0v) is 16.8. The highest BCUT2D eigenvalue weighted by atomic mass is 32.2. The summed E-state index contributed by atoms with van der Waals surface area (Å²) in [6.07, 6.45) is 2.67. The van der Waals surface area contributed by atoms with Crippen molar-refractivity contribution in [3.8, 4) is 27.9 Å². The van der Waals surface area contributed by atoms with E-state index < -0.39 is 21.2 Å². The smallest absolute Gasteiger partial charge is 0.267 e. The van der Waals surface area contributed by atoms with E-state index in [-0.39, 0.29) is 4.90 Å². The van der Waals surface area contributed by atoms with Gasteiger partial charge in [-0.1, -0.05) is 48.5 Å². The summed E-state index contributed by atoms with van der Waals surface area (Å²) in [5, 5.41) is 4.24. The van der Waals surface area contributed by atoms with Crippen molar-refractivity contribution >= 4 is 9.84 Å². The van der Waals surface area contributed by atoms with Crippen LogP contribution in [0.25, 0.3) is 27.9 Å². The Morgan fingerprint density at radius 3 is 2.20 bits per heavy atom. The first-order valence-electron chi connectivity index (χ1n) is 9.09. The van der Waals surface area contributed by atoms with Crippen LogP contribution in [0.15, 0.2) is 94.7 Å². The molecule has 0 saturated heterocycles. The van der Waals surface area contributed by atoms with Crippen LogP contribution in [0.2, 0.25) is 0 Å². The maximum Gasteiger partial charge on any atom is 0.280 e. The van der Waals surface area contributed by atoms with Gasteiger partial charge in [-0.3, -0.25) is 4.79 Å². The van der Waals surface area contributed by atoms with Crippen molar-refractivity contribution in [1.29, 1.82) is 0 Å². The van der Waals surface area contributed by atoms with Crippen LogP contribution in [0.1, 0.15) is 0 Å². The van der Waals surface area contributed by atoms with Gasteiger partial charge in [-0.05, 0) is 41.5 Å². The maximum absolute atomic E-state index is 13.7. The van der Waals surface area contributed by atoms with Crippen molar-refractivity contribution in [2.45, 2.75) is 4.90 Å². The van der Waals surface area contributed by atoms with Crippen LogP contribution in [-0.2, 0) is 9.84 Å². The monoisotopic (exact) mass is 420 g/mol. The Hall–Kier alpha value is -3.58. The van der Waals surface area contributed by atoms with Gasteiger partial charge in [0.15, 0.2) is 9.84 Å². The van der Waals surface area contributed by atoms with Gasteiger partial charge in [-0.25, -0.2) is 12.8 Å². The minimum absolute atomic E-state index is 0.188. The molecule has 5 nitrogen and oxygen atoms in total. The highest BCUT2D eigenvalue weighted by molar-refractivity contribution is 7.90. The lowest BCUT2D eigenvalue weighted by atomic mass is 9.97. The second kappa shape index (κ2) is 7.68. The number of rotatable bonds is 4. The lowest BCUT2D eigenvalue weighted by molar-refractivity contribution is 0.602. The SMILES string of the molecule is CS(=O)(=O)c1ccc(-c2cnn(-c3cccc(F)c3)c(=O)c2-c2ccccc2)cc1. The second-order valence-corrected chi connectivity index (χ2v) is 8.81. The first kappa shape index (κ1) is 19.7. The second-order valence-electron chi connectivity index (χ2n) is 6.79. The summed E-state index contributed by atoms with van der Waals surface area (Å²) in [7, 11) is -3.34. The van der Waals surface area contributed by atoms with Crippen LogP contribution in [0.5, 0.6) is 0 Å². The summed E-state index contributed by atoms with van der Waals surface area (Å²) >= 11 is 0. The summed E-state index contributed by atoms with van der Waals surface area (Å²) in [5.74, 6) is -0.470. The largest absolute Gasteiger partial charge is 0.280 e. The van der Waals surface area contributed by atoms with E-state index in [1.807, 2.05) is 18.2 Å². The van der Waals surface area contributed by atoms with Gasteiger partial charge in [0, 0.05) is 11.8 Å². The third-order valence-corrected chi connectivity index (χ3v) is 5.82. The quantitative estimate of drug-likeness (QED) is 0.498. The fourth-order valence-electron chi connectivity index (χ4n) is 3.23. The molecule has 30 heavy (non-hydrogen) atoms. The van der Waals surface area contributed by atoms with Gasteiger partial charge in [0.05, 0.1) is 22.3 Å². The summed E-state index contributed by atoms with van der Waals surface area (Å²) in [6, 6.07) is 21.0. The van der Waals surface area contributed by atoms with Crippen LogP contribution in [-0.4, -0.2) is 24.5 Å². The number of hydrogen-bond donors (Lipinski definition) is 0. The predicted molar refractivity (Wildman–Crippen MR) is 114 cm³/mol. The van der Waals surface area contributed by atoms with Crippen molar-refractivity contribution in [3.63, 3.8) is 0 Å². The Kier molecular flexibility index (Phi) is 5.05. The molecule has 7 heteroatoms. The fourth-order valence-corrected chi connectivity index (χ4v) is 3.86. The molecule has 0 saturated carbocycles. The molecule has 0 aliphatic rings. The molecule has 0 fully saturated rings. The number of sulfone groups is 1. The van der Waals surface area contributed by atoms with Crippen LogP contribution < -0.4 is 5.56 Å². The summed E-state index contributed by atoms with van der Waals surface area (Å²) in [6.45, 7) is 0. The molecule has 1 heterocycles. The van der Waals surface area contributed by atoms with Crippen molar-refractivity contribution in [2.75, 3.05) is 6.26 Å². The standard InChI is InChI=1S/C23H17FN2O3S/c1-30(28,29)20-12-10-16(11-13-20)21-15-25-26(19-9-5-8-18(24)14-19)23(27)22(21)17-6-3-2-4-7-17/h2-15H,1H3. The molecule has 0 aliphatic carbocycles. The van der Waals surface area contributed by atoms with E-state index in [2.05, 4.69) is 5.10 Å². The first-order valence-corrected chi connectivity index (χ1v) is 11.0. The van der Waals surface area contributed by atoms with Gasteiger partial charge < -0.3 is 0 Å². The van der Waals surface area contributed by atoms with E-state index in [4.69, 9.17) is 0 Å². The first-order chi connectivity index (χ1) is 14.3. The molecule has 3 aromatic carbocycles. The Morgan fingerprint density at radius 2 is 1.57 bits per heavy atom. The molecule has 0 bridgehead atoms. The van der Waals surface area contributed by atoms with Crippen molar-refractivity contribution in [1.82, 2.24) is 9.78 Å². The number of hydrogen-bond acceptors (Lipinski definition) is 4. The van der Waals surface area contributed by atoms with Gasteiger partial charge in [0.2, 0.25) is 0 Å². The van der Waals surface area contributed by atoms with Crippen LogP contribution >= 0.6 is 0 Å². The van der Waals surface area contributed by atoms with Crippen LogP contribution in [0, 0.1) is 5.82 Å². The molecule has 0 radical (unpaired) electrons. The molecule has 1 aromatic heterocycles. The molecule has 0 N–H and O–H groups in total. The third-order valence-electron chi connectivity index (χ3n) is 4.69. The van der Waals surface area contributed by atoms with Gasteiger partial charge >= 0.3 is 0 Å². The Labute approximate surface area is 173 Å². The van der Waals surface area contributed by atoms with Crippen molar-refractivity contribution in [3.05, 3.63) is 101 Å². The van der Waals surface area contributed by atoms with E-state index in [0.29, 0.717) is 27.9 Å². The minimum Gasteiger partial charge on any atom is -0.267 e. The van der Waals surface area contributed by atoms with Crippen molar-refractivity contribution < 1.29 is 12.8 Å². The van der Waals surface area contributed by atoms with E-state index >= 15 is 0 Å². The number of aromatic nitrogens is 2. The minimum atomic E-state index is -3.34. The average Bonchev–Trinajstić information content (AvgIpc) is 2.73. The van der Waals surface area contributed by atoms with Gasteiger partial charge in [0.25, 0.3) is 5.56 Å². The molecule has 4 rings (SSSR count). The topological polar surface area (TPSA) is 69.0 Å². The highest BCUT2D eigenvalue weighted by Crippen LogP contribution is 2.29. The van der Waals surface area contributed by atoms with E-state index in [1.54, 1.807) is 30.3 Å². The Morgan fingerprint density at radius 1 is 0.867 bits per heavy atom. The lowest BCUT2D eigenvalue weighted by Crippen LogP contribution is -2.23. The van der Waals surface area contributed by atoms with Crippen LogP contribution in [0.3, 0.4) is 0 Å².